The smallest absolute Gasteiger partial charge is 0.387 e. The monoisotopic (exact) mass is 315 g/mol. The maximum Gasteiger partial charge on any atom is 0.387 e. The number of nitrogens with zero attached hydrogens (tertiary/aromatic N) is 3. The third kappa shape index (κ3) is 3.69. The number of hydrogen-bond donors (Lipinski definition) is 0. The Morgan fingerprint density at radius 3 is 2.81 bits per heavy atom. The second-order valence-electron chi connectivity index (χ2n) is 3.99. The zero-order valence-electron chi connectivity index (χ0n) is 10.9. The normalized spacial score (nSPS) is 12.4. The van der Waals surface area contributed by atoms with Crippen LogP contribution in [0.5, 0.6) is 5.75 Å². The van der Waals surface area contributed by atoms with E-state index >= 15 is 0 Å². The third-order valence-electron chi connectivity index (χ3n) is 2.55. The number of Topliss-reactive ketones (excluding diaryl/α,β-unsaturated/α-hetero) is 1. The first kappa shape index (κ1) is 15.2. The van der Waals surface area contributed by atoms with Gasteiger partial charge in [-0.05, 0) is 12.1 Å². The molecule has 21 heavy (non-hydrogen) atoms. The Balaban J connectivity index is 2.24. The van der Waals surface area contributed by atoms with Crippen LogP contribution in [-0.4, -0.2) is 37.6 Å². The Labute approximate surface area is 121 Å². The van der Waals surface area contributed by atoms with Crippen LogP contribution < -0.4 is 4.74 Å². The van der Waals surface area contributed by atoms with Crippen molar-refractivity contribution >= 4 is 16.6 Å². The lowest BCUT2D eigenvalue weighted by atomic mass is 10.1. The molecule has 1 atom stereocenters. The molecule has 1 heterocycles. The number of aromatic nitrogens is 3. The molecule has 6 nitrogen and oxygen atoms in total. The van der Waals surface area contributed by atoms with Crippen LogP contribution in [0.2, 0.25) is 0 Å². The van der Waals surface area contributed by atoms with Crippen molar-refractivity contribution in [3.05, 3.63) is 36.2 Å². The summed E-state index contributed by atoms with van der Waals surface area (Å²) in [5, 5.41) is 7.35. The van der Waals surface area contributed by atoms with Crippen LogP contribution in [0.15, 0.2) is 35.7 Å². The number of halogens is 2. The largest absolute Gasteiger partial charge is 0.434 e. The number of para-hydroxylation sites is 1. The fraction of sp³-hybridized carbons (Fsp3) is 0.250. The van der Waals surface area contributed by atoms with Crippen LogP contribution in [0.25, 0.3) is 0 Å². The molecule has 0 radical (unpaired) electrons. The zero-order chi connectivity index (χ0) is 15.4. The Bertz CT molecular complexity index is 675. The van der Waals surface area contributed by atoms with Crippen molar-refractivity contribution in [1.29, 1.82) is 0 Å². The van der Waals surface area contributed by atoms with Crippen LogP contribution in [0.1, 0.15) is 10.4 Å². The van der Waals surface area contributed by atoms with E-state index in [0.29, 0.717) is 0 Å². The molecule has 2 rings (SSSR count). The van der Waals surface area contributed by atoms with Crippen molar-refractivity contribution in [2.75, 3.05) is 6.26 Å². The Morgan fingerprint density at radius 1 is 1.43 bits per heavy atom. The van der Waals surface area contributed by atoms with Crippen LogP contribution >= 0.6 is 0 Å². The first-order valence-electron chi connectivity index (χ1n) is 5.77. The Morgan fingerprint density at radius 2 is 2.14 bits per heavy atom. The lowest BCUT2D eigenvalue weighted by Gasteiger charge is -2.10. The van der Waals surface area contributed by atoms with Crippen LogP contribution in [0.4, 0.5) is 8.78 Å². The first-order valence-corrected chi connectivity index (χ1v) is 7.33. The number of alkyl halides is 2. The first-order chi connectivity index (χ1) is 9.99. The lowest BCUT2D eigenvalue weighted by Crippen LogP contribution is -2.15. The minimum absolute atomic E-state index is 0.0133. The van der Waals surface area contributed by atoms with Gasteiger partial charge in [-0.2, -0.15) is 8.78 Å². The molecule has 2 aromatic rings. The van der Waals surface area contributed by atoms with Crippen molar-refractivity contribution < 1.29 is 22.5 Å². The van der Waals surface area contributed by atoms with Gasteiger partial charge in [0, 0.05) is 6.26 Å². The number of hydrogen-bond acceptors (Lipinski definition) is 5. The van der Waals surface area contributed by atoms with Gasteiger partial charge in [0.05, 0.1) is 22.9 Å². The van der Waals surface area contributed by atoms with E-state index in [1.165, 1.54) is 41.4 Å². The quantitative estimate of drug-likeness (QED) is 0.755. The summed E-state index contributed by atoms with van der Waals surface area (Å²) in [4.78, 5) is 12.2. The molecule has 9 heteroatoms. The number of carbonyl (C=O) groups is 1. The molecule has 0 aliphatic carbocycles. The van der Waals surface area contributed by atoms with Gasteiger partial charge in [0.2, 0.25) is 5.16 Å². The van der Waals surface area contributed by atoms with Crippen molar-refractivity contribution in [3.63, 3.8) is 0 Å². The van der Waals surface area contributed by atoms with E-state index in [9.17, 15) is 17.8 Å². The highest BCUT2D eigenvalue weighted by molar-refractivity contribution is 7.84. The van der Waals surface area contributed by atoms with Crippen LogP contribution in [0.3, 0.4) is 0 Å². The van der Waals surface area contributed by atoms with E-state index in [0.717, 1.165) is 0 Å². The highest BCUT2D eigenvalue weighted by Crippen LogP contribution is 2.21. The van der Waals surface area contributed by atoms with Gasteiger partial charge in [0.1, 0.15) is 12.1 Å². The summed E-state index contributed by atoms with van der Waals surface area (Å²) < 4.78 is 41.6. The minimum Gasteiger partial charge on any atom is -0.434 e. The average molecular weight is 315 g/mol. The molecule has 0 saturated heterocycles. The molecule has 1 unspecified atom stereocenters. The number of ketones is 1. The van der Waals surface area contributed by atoms with Gasteiger partial charge < -0.3 is 4.74 Å². The van der Waals surface area contributed by atoms with Gasteiger partial charge in [0.25, 0.3) is 0 Å². The number of benzene rings is 1. The Kier molecular flexibility index (Phi) is 4.73. The fourth-order valence-electron chi connectivity index (χ4n) is 1.71. The van der Waals surface area contributed by atoms with E-state index in [-0.39, 0.29) is 23.0 Å². The predicted octanol–water partition coefficient (Wildman–Crippen LogP) is 1.50. The average Bonchev–Trinajstić information content (AvgIpc) is 2.86. The summed E-state index contributed by atoms with van der Waals surface area (Å²) in [6, 6.07) is 5.69. The summed E-state index contributed by atoms with van der Waals surface area (Å²) in [7, 11) is -1.41. The molecule has 1 aromatic heterocycles. The summed E-state index contributed by atoms with van der Waals surface area (Å²) in [6.07, 6.45) is 2.66. The second-order valence-corrected chi connectivity index (χ2v) is 5.27. The molecule has 0 fully saturated rings. The fourth-order valence-corrected chi connectivity index (χ4v) is 2.32. The molecule has 0 spiro atoms. The zero-order valence-corrected chi connectivity index (χ0v) is 11.7. The maximum absolute atomic E-state index is 12.3. The summed E-state index contributed by atoms with van der Waals surface area (Å²) in [6.45, 7) is -3.24. The number of rotatable bonds is 6. The summed E-state index contributed by atoms with van der Waals surface area (Å²) >= 11 is 0. The SMILES string of the molecule is CS(=O)c1nncn1CC(=O)c1ccccc1OC(F)F. The lowest BCUT2D eigenvalue weighted by molar-refractivity contribution is -0.0501. The minimum atomic E-state index is -3.02. The molecule has 1 aromatic carbocycles. The summed E-state index contributed by atoms with van der Waals surface area (Å²) in [5.41, 5.74) is 0.0133. The standard InChI is InChI=1S/C12H11F2N3O3S/c1-21(19)12-16-15-7-17(12)6-9(18)8-4-2-3-5-10(8)20-11(13)14/h2-5,7,11H,6H2,1H3. The molecule has 0 aliphatic heterocycles. The van der Waals surface area contributed by atoms with E-state index in [1.54, 1.807) is 0 Å². The van der Waals surface area contributed by atoms with Gasteiger partial charge in [-0.1, -0.05) is 12.1 Å². The second kappa shape index (κ2) is 6.53. The molecule has 0 saturated carbocycles. The van der Waals surface area contributed by atoms with E-state index < -0.39 is 23.2 Å². The highest BCUT2D eigenvalue weighted by atomic mass is 32.2. The van der Waals surface area contributed by atoms with Crippen molar-refractivity contribution in [3.8, 4) is 5.75 Å². The summed E-state index contributed by atoms with van der Waals surface area (Å²) in [5.74, 6) is -0.678. The van der Waals surface area contributed by atoms with Gasteiger partial charge >= 0.3 is 6.61 Å². The maximum atomic E-state index is 12.3. The third-order valence-corrected chi connectivity index (χ3v) is 3.38. The molecule has 112 valence electrons. The van der Waals surface area contributed by atoms with Gasteiger partial charge in [-0.3, -0.25) is 13.6 Å². The van der Waals surface area contributed by atoms with E-state index in [4.69, 9.17) is 0 Å². The topological polar surface area (TPSA) is 74.1 Å². The molecule has 0 aliphatic rings. The molecular weight excluding hydrogens is 304 g/mol. The van der Waals surface area contributed by atoms with Crippen molar-refractivity contribution in [2.45, 2.75) is 18.3 Å². The Hall–Kier alpha value is -2.16. The van der Waals surface area contributed by atoms with Gasteiger partial charge in [-0.25, -0.2) is 0 Å². The van der Waals surface area contributed by atoms with Gasteiger partial charge in [0.15, 0.2) is 5.78 Å². The van der Waals surface area contributed by atoms with Crippen molar-refractivity contribution in [2.24, 2.45) is 0 Å². The number of carbonyl (C=O) groups excluding carboxylic acids is 1. The molecule has 0 N–H and O–H groups in total. The van der Waals surface area contributed by atoms with Crippen LogP contribution in [-0.2, 0) is 17.3 Å². The van der Waals surface area contributed by atoms with Gasteiger partial charge in [-0.15, -0.1) is 10.2 Å². The number of ether oxygens (including phenoxy) is 1. The van der Waals surface area contributed by atoms with E-state index in [1.807, 2.05) is 0 Å². The van der Waals surface area contributed by atoms with Crippen LogP contribution in [0, 0.1) is 0 Å². The predicted molar refractivity (Wildman–Crippen MR) is 69.8 cm³/mol. The molecule has 0 bridgehead atoms. The van der Waals surface area contributed by atoms with E-state index in [2.05, 4.69) is 14.9 Å². The molecular formula is C12H11F2N3O3S. The molecule has 0 amide bonds. The van der Waals surface area contributed by atoms with Crippen molar-refractivity contribution in [1.82, 2.24) is 14.8 Å². The highest BCUT2D eigenvalue weighted by Gasteiger charge is 2.18.